The number of benzene rings is 4. The first-order valence-electron chi connectivity index (χ1n) is 10.7. The highest BCUT2D eigenvalue weighted by Crippen LogP contribution is 2.30. The van der Waals surface area contributed by atoms with Crippen LogP contribution in [0.25, 0.3) is 0 Å². The minimum atomic E-state index is -0.253. The van der Waals surface area contributed by atoms with Crippen LogP contribution in [0.2, 0.25) is 0 Å². The molecule has 4 rings (SSSR count). The first-order valence-corrected chi connectivity index (χ1v) is 10.7. The lowest BCUT2D eigenvalue weighted by molar-refractivity contribution is 0.102. The van der Waals surface area contributed by atoms with E-state index in [4.69, 9.17) is 0 Å². The Bertz CT molecular complexity index is 1230. The van der Waals surface area contributed by atoms with Crippen LogP contribution in [-0.4, -0.2) is 21.8 Å². The SMILES string of the molecule is Cc1cc(O)c(C(=O)c2ccccc2)cc1Cc1cc(C(=O)c2ccccc2)c(O)cc1C. The molecule has 0 aliphatic heterocycles. The van der Waals surface area contributed by atoms with Gasteiger partial charge in [-0.25, -0.2) is 0 Å². The Morgan fingerprint density at radius 2 is 0.970 bits per heavy atom. The van der Waals surface area contributed by atoms with Crippen molar-refractivity contribution in [1.82, 2.24) is 0 Å². The molecule has 0 fully saturated rings. The lowest BCUT2D eigenvalue weighted by Crippen LogP contribution is -2.06. The van der Waals surface area contributed by atoms with Gasteiger partial charge in [-0.2, -0.15) is 0 Å². The number of hydrogen-bond acceptors (Lipinski definition) is 4. The quantitative estimate of drug-likeness (QED) is 0.377. The number of ketones is 2. The monoisotopic (exact) mass is 436 g/mol. The Morgan fingerprint density at radius 3 is 1.33 bits per heavy atom. The van der Waals surface area contributed by atoms with Gasteiger partial charge < -0.3 is 10.2 Å². The summed E-state index contributed by atoms with van der Waals surface area (Å²) in [6.45, 7) is 3.75. The molecule has 4 nitrogen and oxygen atoms in total. The number of carbonyl (C=O) groups excluding carboxylic acids is 2. The van der Waals surface area contributed by atoms with Crippen LogP contribution in [0.5, 0.6) is 11.5 Å². The molecule has 0 aromatic heterocycles. The van der Waals surface area contributed by atoms with E-state index in [2.05, 4.69) is 0 Å². The zero-order valence-corrected chi connectivity index (χ0v) is 18.5. The summed E-state index contributed by atoms with van der Waals surface area (Å²) in [5.41, 5.74) is 4.86. The minimum Gasteiger partial charge on any atom is -0.507 e. The summed E-state index contributed by atoms with van der Waals surface area (Å²) < 4.78 is 0. The Kier molecular flexibility index (Phi) is 6.09. The number of aromatic hydroxyl groups is 2. The van der Waals surface area contributed by atoms with Gasteiger partial charge in [-0.15, -0.1) is 0 Å². The van der Waals surface area contributed by atoms with E-state index in [1.54, 1.807) is 72.8 Å². The summed E-state index contributed by atoms with van der Waals surface area (Å²) in [5, 5.41) is 20.9. The standard InChI is InChI=1S/C29H24O4/c1-18-13-26(30)24(28(32)20-9-5-3-6-10-20)16-22(18)15-23-17-25(27(31)14-19(23)2)29(33)21-11-7-4-8-12-21/h3-14,16-17,30-31H,15H2,1-2H3. The molecule has 33 heavy (non-hydrogen) atoms. The Balaban J connectivity index is 1.72. The van der Waals surface area contributed by atoms with Gasteiger partial charge >= 0.3 is 0 Å². The molecular weight excluding hydrogens is 412 g/mol. The second-order valence-electron chi connectivity index (χ2n) is 8.16. The lowest BCUT2D eigenvalue weighted by atomic mass is 9.90. The minimum absolute atomic E-state index is 0.0625. The first kappa shape index (κ1) is 22.0. The molecule has 164 valence electrons. The van der Waals surface area contributed by atoms with Gasteiger partial charge in [0, 0.05) is 11.1 Å². The average Bonchev–Trinajstić information content (AvgIpc) is 2.82. The van der Waals surface area contributed by atoms with E-state index in [-0.39, 0.29) is 34.2 Å². The molecule has 0 saturated carbocycles. The normalized spacial score (nSPS) is 10.7. The van der Waals surface area contributed by atoms with Crippen molar-refractivity contribution < 1.29 is 19.8 Å². The predicted molar refractivity (Wildman–Crippen MR) is 128 cm³/mol. The lowest BCUT2D eigenvalue weighted by Gasteiger charge is -2.14. The number of rotatable bonds is 6. The predicted octanol–water partition coefficient (Wildman–Crippen LogP) is 5.77. The zero-order chi connectivity index (χ0) is 23.5. The number of phenolic OH excluding ortho intramolecular Hbond substituents is 2. The van der Waals surface area contributed by atoms with Crippen LogP contribution in [-0.2, 0) is 6.42 Å². The van der Waals surface area contributed by atoms with Crippen LogP contribution < -0.4 is 0 Å². The second-order valence-corrected chi connectivity index (χ2v) is 8.16. The number of hydrogen-bond donors (Lipinski definition) is 2. The fourth-order valence-electron chi connectivity index (χ4n) is 3.91. The third-order valence-electron chi connectivity index (χ3n) is 5.85. The van der Waals surface area contributed by atoms with Gasteiger partial charge in [0.25, 0.3) is 0 Å². The molecule has 0 spiro atoms. The zero-order valence-electron chi connectivity index (χ0n) is 18.5. The molecule has 0 atom stereocenters. The molecule has 4 aromatic carbocycles. The Hall–Kier alpha value is -4.18. The van der Waals surface area contributed by atoms with Crippen molar-refractivity contribution in [3.8, 4) is 11.5 Å². The van der Waals surface area contributed by atoms with Crippen LogP contribution in [0.4, 0.5) is 0 Å². The maximum absolute atomic E-state index is 13.0. The van der Waals surface area contributed by atoms with Crippen LogP contribution >= 0.6 is 0 Å². The highest BCUT2D eigenvalue weighted by atomic mass is 16.3. The summed E-state index contributed by atoms with van der Waals surface area (Å²) in [6.07, 6.45) is 0.447. The van der Waals surface area contributed by atoms with Crippen LogP contribution in [0, 0.1) is 13.8 Å². The fourth-order valence-corrected chi connectivity index (χ4v) is 3.91. The molecule has 4 aromatic rings. The van der Waals surface area contributed by atoms with Crippen molar-refractivity contribution in [1.29, 1.82) is 0 Å². The van der Waals surface area contributed by atoms with Crippen molar-refractivity contribution >= 4 is 11.6 Å². The molecule has 2 N–H and O–H groups in total. The third-order valence-corrected chi connectivity index (χ3v) is 5.85. The third kappa shape index (κ3) is 4.55. The summed E-state index contributed by atoms with van der Waals surface area (Å²) >= 11 is 0. The molecular formula is C29H24O4. The van der Waals surface area contributed by atoms with E-state index in [0.717, 1.165) is 22.3 Å². The van der Waals surface area contributed by atoms with E-state index >= 15 is 0 Å². The molecule has 4 heteroatoms. The molecule has 0 bridgehead atoms. The summed E-state index contributed by atoms with van der Waals surface area (Å²) in [4.78, 5) is 25.9. The molecule has 0 aliphatic rings. The van der Waals surface area contributed by atoms with Crippen LogP contribution in [0.1, 0.15) is 54.1 Å². The first-order chi connectivity index (χ1) is 15.8. The average molecular weight is 437 g/mol. The summed E-state index contributed by atoms with van der Waals surface area (Å²) in [5.74, 6) is -0.631. The van der Waals surface area contributed by atoms with E-state index in [0.29, 0.717) is 17.5 Å². The van der Waals surface area contributed by atoms with E-state index < -0.39 is 0 Å². The summed E-state index contributed by atoms with van der Waals surface area (Å²) in [6, 6.07) is 24.3. The Labute approximate surface area is 192 Å². The number of carbonyl (C=O) groups is 2. The van der Waals surface area contributed by atoms with Gasteiger partial charge in [0.15, 0.2) is 11.6 Å². The highest BCUT2D eigenvalue weighted by molar-refractivity contribution is 6.11. The van der Waals surface area contributed by atoms with Crippen molar-refractivity contribution in [2.24, 2.45) is 0 Å². The van der Waals surface area contributed by atoms with E-state index in [1.165, 1.54) is 0 Å². The highest BCUT2D eigenvalue weighted by Gasteiger charge is 2.19. The molecule has 0 radical (unpaired) electrons. The number of phenols is 2. The summed E-state index contributed by atoms with van der Waals surface area (Å²) in [7, 11) is 0. The maximum Gasteiger partial charge on any atom is 0.196 e. The largest absolute Gasteiger partial charge is 0.507 e. The topological polar surface area (TPSA) is 74.6 Å². The number of aryl methyl sites for hydroxylation is 2. The molecule has 0 unspecified atom stereocenters. The van der Waals surface area contributed by atoms with Gasteiger partial charge in [-0.3, -0.25) is 9.59 Å². The van der Waals surface area contributed by atoms with Gasteiger partial charge in [0.2, 0.25) is 0 Å². The fraction of sp³-hybridized carbons (Fsp3) is 0.103. The molecule has 0 aliphatic carbocycles. The van der Waals surface area contributed by atoms with Gasteiger partial charge in [0.1, 0.15) is 11.5 Å². The van der Waals surface area contributed by atoms with E-state index in [9.17, 15) is 19.8 Å². The van der Waals surface area contributed by atoms with Crippen molar-refractivity contribution in [2.75, 3.05) is 0 Å². The van der Waals surface area contributed by atoms with Crippen molar-refractivity contribution in [2.45, 2.75) is 20.3 Å². The second kappa shape index (κ2) is 9.13. The molecule has 0 amide bonds. The van der Waals surface area contributed by atoms with Gasteiger partial charge in [0.05, 0.1) is 11.1 Å². The molecule has 0 heterocycles. The van der Waals surface area contributed by atoms with Crippen LogP contribution in [0.3, 0.4) is 0 Å². The maximum atomic E-state index is 13.0. The van der Waals surface area contributed by atoms with Crippen molar-refractivity contribution in [3.63, 3.8) is 0 Å². The Morgan fingerprint density at radius 1 is 0.606 bits per heavy atom. The smallest absolute Gasteiger partial charge is 0.196 e. The van der Waals surface area contributed by atoms with E-state index in [1.807, 2.05) is 26.0 Å². The van der Waals surface area contributed by atoms with Crippen molar-refractivity contribution in [3.05, 3.63) is 129 Å². The molecule has 0 saturated heterocycles. The van der Waals surface area contributed by atoms with Crippen LogP contribution in [0.15, 0.2) is 84.9 Å². The van der Waals surface area contributed by atoms with Gasteiger partial charge in [-0.05, 0) is 66.8 Å². The van der Waals surface area contributed by atoms with Gasteiger partial charge in [-0.1, -0.05) is 60.7 Å².